The molecule has 0 fully saturated rings. The summed E-state index contributed by atoms with van der Waals surface area (Å²) in [7, 11) is 0. The second kappa shape index (κ2) is 4.14. The molecule has 0 saturated heterocycles. The van der Waals surface area contributed by atoms with Gasteiger partial charge in [0.05, 0.1) is 0 Å². The van der Waals surface area contributed by atoms with Gasteiger partial charge in [-0.3, -0.25) is 0 Å². The van der Waals surface area contributed by atoms with Gasteiger partial charge in [0.1, 0.15) is 11.6 Å². The molecule has 0 aromatic heterocycles. The Morgan fingerprint density at radius 2 is 2.08 bits per heavy atom. The van der Waals surface area contributed by atoms with Crippen LogP contribution in [0.4, 0.5) is 8.78 Å². The van der Waals surface area contributed by atoms with Gasteiger partial charge in [0.15, 0.2) is 0 Å². The molecular formula is C10H11F2N. The molecule has 0 saturated carbocycles. The van der Waals surface area contributed by atoms with Crippen molar-refractivity contribution < 1.29 is 8.78 Å². The fourth-order valence-corrected chi connectivity index (χ4v) is 1.02. The van der Waals surface area contributed by atoms with Crippen LogP contribution in [-0.4, -0.2) is 6.54 Å². The van der Waals surface area contributed by atoms with Gasteiger partial charge < -0.3 is 5.73 Å². The maximum absolute atomic E-state index is 13.3. The smallest absolute Gasteiger partial charge is 0.136 e. The number of benzene rings is 1. The van der Waals surface area contributed by atoms with E-state index in [2.05, 4.69) is 0 Å². The Kier molecular flexibility index (Phi) is 3.14. The van der Waals surface area contributed by atoms with E-state index in [-0.39, 0.29) is 12.1 Å². The molecular weight excluding hydrogens is 172 g/mol. The van der Waals surface area contributed by atoms with Crippen molar-refractivity contribution in [2.45, 2.75) is 6.92 Å². The van der Waals surface area contributed by atoms with Gasteiger partial charge in [0, 0.05) is 12.1 Å². The van der Waals surface area contributed by atoms with Crippen LogP contribution in [0.3, 0.4) is 0 Å². The lowest BCUT2D eigenvalue weighted by Crippen LogP contribution is -1.95. The van der Waals surface area contributed by atoms with Gasteiger partial charge >= 0.3 is 0 Å². The van der Waals surface area contributed by atoms with E-state index in [9.17, 15) is 8.78 Å². The van der Waals surface area contributed by atoms with Gasteiger partial charge in [-0.25, -0.2) is 8.78 Å². The largest absolute Gasteiger partial charge is 0.327 e. The monoisotopic (exact) mass is 183 g/mol. The number of nitrogens with two attached hydrogens (primary N) is 1. The zero-order chi connectivity index (χ0) is 9.84. The predicted molar refractivity (Wildman–Crippen MR) is 49.2 cm³/mol. The fourth-order valence-electron chi connectivity index (χ4n) is 1.02. The molecule has 0 aliphatic carbocycles. The van der Waals surface area contributed by atoms with Gasteiger partial charge in [0.2, 0.25) is 0 Å². The predicted octanol–water partition coefficient (Wildman–Crippen LogP) is 2.25. The first-order chi connectivity index (χ1) is 6.16. The van der Waals surface area contributed by atoms with Crippen molar-refractivity contribution in [2.75, 3.05) is 6.54 Å². The van der Waals surface area contributed by atoms with E-state index in [0.717, 1.165) is 0 Å². The second-order valence-electron chi connectivity index (χ2n) is 2.73. The number of halogens is 2. The SMILES string of the molecule is Cc1ccc(F)c(C=CCN)c1F. The highest BCUT2D eigenvalue weighted by Crippen LogP contribution is 2.17. The number of hydrogen-bond acceptors (Lipinski definition) is 1. The minimum atomic E-state index is -0.562. The van der Waals surface area contributed by atoms with E-state index in [4.69, 9.17) is 5.73 Å². The molecule has 1 aromatic rings. The molecule has 0 heterocycles. The molecule has 1 nitrogen and oxygen atoms in total. The van der Waals surface area contributed by atoms with Crippen molar-refractivity contribution in [3.8, 4) is 0 Å². The highest BCUT2D eigenvalue weighted by molar-refractivity contribution is 5.52. The molecule has 3 heteroatoms. The topological polar surface area (TPSA) is 26.0 Å². The highest BCUT2D eigenvalue weighted by atomic mass is 19.1. The van der Waals surface area contributed by atoms with Crippen LogP contribution in [0.2, 0.25) is 0 Å². The normalized spacial score (nSPS) is 11.1. The fraction of sp³-hybridized carbons (Fsp3) is 0.200. The summed E-state index contributed by atoms with van der Waals surface area (Å²) in [6.45, 7) is 1.86. The summed E-state index contributed by atoms with van der Waals surface area (Å²) < 4.78 is 26.3. The van der Waals surface area contributed by atoms with Gasteiger partial charge in [0.25, 0.3) is 0 Å². The van der Waals surface area contributed by atoms with E-state index in [1.165, 1.54) is 24.3 Å². The minimum absolute atomic E-state index is 0.0227. The molecule has 0 aliphatic rings. The minimum Gasteiger partial charge on any atom is -0.327 e. The molecule has 0 bridgehead atoms. The molecule has 2 N–H and O–H groups in total. The summed E-state index contributed by atoms with van der Waals surface area (Å²) in [5.41, 5.74) is 5.59. The van der Waals surface area contributed by atoms with E-state index < -0.39 is 11.6 Å². The molecule has 0 spiro atoms. The van der Waals surface area contributed by atoms with Crippen molar-refractivity contribution in [3.63, 3.8) is 0 Å². The molecule has 0 unspecified atom stereocenters. The Hall–Kier alpha value is -1.22. The lowest BCUT2D eigenvalue weighted by atomic mass is 10.1. The van der Waals surface area contributed by atoms with Crippen LogP contribution in [0.15, 0.2) is 18.2 Å². The number of aryl methyl sites for hydroxylation is 1. The maximum Gasteiger partial charge on any atom is 0.136 e. The van der Waals surface area contributed by atoms with Crippen molar-refractivity contribution in [2.24, 2.45) is 5.73 Å². The van der Waals surface area contributed by atoms with Crippen LogP contribution in [0.5, 0.6) is 0 Å². The summed E-state index contributed by atoms with van der Waals surface area (Å²) in [4.78, 5) is 0. The van der Waals surface area contributed by atoms with Crippen LogP contribution >= 0.6 is 0 Å². The van der Waals surface area contributed by atoms with Crippen LogP contribution < -0.4 is 5.73 Å². The second-order valence-corrected chi connectivity index (χ2v) is 2.73. The first kappa shape index (κ1) is 9.86. The van der Waals surface area contributed by atoms with Crippen LogP contribution in [-0.2, 0) is 0 Å². The Bertz CT molecular complexity index is 332. The number of rotatable bonds is 2. The summed E-state index contributed by atoms with van der Waals surface area (Å²) in [6, 6.07) is 2.65. The number of hydrogen-bond donors (Lipinski definition) is 1. The Balaban J connectivity index is 3.17. The average Bonchev–Trinajstić information content (AvgIpc) is 2.12. The first-order valence-electron chi connectivity index (χ1n) is 3.98. The summed E-state index contributed by atoms with van der Waals surface area (Å²) >= 11 is 0. The molecule has 70 valence electrons. The zero-order valence-electron chi connectivity index (χ0n) is 7.35. The Morgan fingerprint density at radius 1 is 1.38 bits per heavy atom. The Morgan fingerprint density at radius 3 is 2.69 bits per heavy atom. The van der Waals surface area contributed by atoms with Crippen molar-refractivity contribution in [1.82, 2.24) is 0 Å². The van der Waals surface area contributed by atoms with Crippen LogP contribution in [0, 0.1) is 18.6 Å². The third-order valence-corrected chi connectivity index (χ3v) is 1.74. The van der Waals surface area contributed by atoms with Gasteiger partial charge in [-0.2, -0.15) is 0 Å². The van der Waals surface area contributed by atoms with E-state index in [1.54, 1.807) is 6.92 Å². The lowest BCUT2D eigenvalue weighted by molar-refractivity contribution is 0.573. The molecule has 1 rings (SSSR count). The molecule has 13 heavy (non-hydrogen) atoms. The van der Waals surface area contributed by atoms with Gasteiger partial charge in [-0.05, 0) is 18.6 Å². The summed E-state index contributed by atoms with van der Waals surface area (Å²) in [6.07, 6.45) is 2.87. The summed E-state index contributed by atoms with van der Waals surface area (Å²) in [5, 5.41) is 0. The van der Waals surface area contributed by atoms with E-state index in [0.29, 0.717) is 5.56 Å². The zero-order valence-corrected chi connectivity index (χ0v) is 7.35. The molecule has 0 atom stereocenters. The standard InChI is InChI=1S/C10H11F2N/c1-7-4-5-9(11)8(10(7)12)3-2-6-13/h2-5H,6,13H2,1H3. The third kappa shape index (κ3) is 2.12. The van der Waals surface area contributed by atoms with Crippen molar-refractivity contribution in [3.05, 3.63) is 41.0 Å². The van der Waals surface area contributed by atoms with E-state index >= 15 is 0 Å². The summed E-state index contributed by atoms with van der Waals surface area (Å²) in [5.74, 6) is -1.09. The van der Waals surface area contributed by atoms with Crippen LogP contribution in [0.25, 0.3) is 6.08 Å². The molecule has 0 amide bonds. The lowest BCUT2D eigenvalue weighted by Gasteiger charge is -2.01. The quantitative estimate of drug-likeness (QED) is 0.747. The van der Waals surface area contributed by atoms with Crippen molar-refractivity contribution >= 4 is 6.08 Å². The average molecular weight is 183 g/mol. The molecule has 1 aromatic carbocycles. The van der Waals surface area contributed by atoms with Gasteiger partial charge in [-0.1, -0.05) is 18.2 Å². The van der Waals surface area contributed by atoms with Gasteiger partial charge in [-0.15, -0.1) is 0 Å². The van der Waals surface area contributed by atoms with E-state index in [1.807, 2.05) is 0 Å². The van der Waals surface area contributed by atoms with Crippen LogP contribution in [0.1, 0.15) is 11.1 Å². The highest BCUT2D eigenvalue weighted by Gasteiger charge is 2.07. The first-order valence-corrected chi connectivity index (χ1v) is 3.98. The third-order valence-electron chi connectivity index (χ3n) is 1.74. The molecule has 0 radical (unpaired) electrons. The Labute approximate surface area is 75.9 Å². The maximum atomic E-state index is 13.3. The molecule has 0 aliphatic heterocycles. The van der Waals surface area contributed by atoms with Crippen molar-refractivity contribution in [1.29, 1.82) is 0 Å².